The predicted molar refractivity (Wildman–Crippen MR) is 113 cm³/mol. The molecule has 4 aliphatic rings. The van der Waals surface area contributed by atoms with Gasteiger partial charge in [-0.15, -0.1) is 6.58 Å². The van der Waals surface area contributed by atoms with Crippen molar-refractivity contribution >= 4 is 0 Å². The third-order valence-corrected chi connectivity index (χ3v) is 8.20. The van der Waals surface area contributed by atoms with Crippen LogP contribution in [0.25, 0.3) is 0 Å². The van der Waals surface area contributed by atoms with Crippen molar-refractivity contribution in [3.05, 3.63) is 24.3 Å². The van der Waals surface area contributed by atoms with Crippen molar-refractivity contribution in [2.45, 2.75) is 92.9 Å². The summed E-state index contributed by atoms with van der Waals surface area (Å²) >= 11 is 0. The van der Waals surface area contributed by atoms with Crippen molar-refractivity contribution in [3.8, 4) is 0 Å². The van der Waals surface area contributed by atoms with Gasteiger partial charge in [0.05, 0.1) is 0 Å². The van der Waals surface area contributed by atoms with Gasteiger partial charge in [-0.3, -0.25) is 0 Å². The number of hydrogen-bond acceptors (Lipinski definition) is 0. The largest absolute Gasteiger partial charge is 0.103 e. The molecule has 0 amide bonds. The zero-order chi connectivity index (χ0) is 18.6. The molecule has 25 heavy (non-hydrogen) atoms. The molecule has 0 aromatic carbocycles. The maximum Gasteiger partial charge on any atom is -0.0179 e. The van der Waals surface area contributed by atoms with E-state index in [-0.39, 0.29) is 0 Å². The molecular formula is C25H44. The Balaban J connectivity index is 0.000000528. The maximum absolute atomic E-state index is 4.15. The summed E-state index contributed by atoms with van der Waals surface area (Å²) in [5.74, 6) is 5.95. The average Bonchev–Trinajstić information content (AvgIpc) is 3.01. The zero-order valence-corrected chi connectivity index (χ0v) is 18.0. The zero-order valence-electron chi connectivity index (χ0n) is 18.0. The smallest absolute Gasteiger partial charge is 0.0179 e. The molecule has 0 bridgehead atoms. The van der Waals surface area contributed by atoms with E-state index in [4.69, 9.17) is 0 Å². The molecule has 4 unspecified atom stereocenters. The van der Waals surface area contributed by atoms with Crippen LogP contribution in [0.1, 0.15) is 92.9 Å². The van der Waals surface area contributed by atoms with Gasteiger partial charge in [0.25, 0.3) is 0 Å². The molecule has 4 aliphatic carbocycles. The van der Waals surface area contributed by atoms with Gasteiger partial charge in [-0.2, -0.15) is 0 Å². The Hall–Kier alpha value is -0.520. The Morgan fingerprint density at radius 3 is 2.36 bits per heavy atom. The van der Waals surface area contributed by atoms with E-state index in [2.05, 4.69) is 32.6 Å². The van der Waals surface area contributed by atoms with Gasteiger partial charge in [-0.25, -0.2) is 0 Å². The van der Waals surface area contributed by atoms with Gasteiger partial charge in [0, 0.05) is 0 Å². The molecule has 0 heteroatoms. The van der Waals surface area contributed by atoms with Gasteiger partial charge >= 0.3 is 0 Å². The fourth-order valence-corrected chi connectivity index (χ4v) is 7.12. The summed E-state index contributed by atoms with van der Waals surface area (Å²) in [6.07, 6.45) is 16.6. The summed E-state index contributed by atoms with van der Waals surface area (Å²) in [4.78, 5) is 0. The monoisotopic (exact) mass is 344 g/mol. The summed E-state index contributed by atoms with van der Waals surface area (Å²) in [6.45, 7) is 17.1. The van der Waals surface area contributed by atoms with E-state index in [1.807, 2.05) is 27.7 Å². The molecule has 0 radical (unpaired) electrons. The average molecular weight is 345 g/mol. The van der Waals surface area contributed by atoms with Gasteiger partial charge in [0.1, 0.15) is 0 Å². The first kappa shape index (κ1) is 20.8. The SMILES string of the molecule is C=C[C@H]1CCC2C3CCC4CC(C)=CC[C@H]4C3CC[C@@]21C.CC.CC. The van der Waals surface area contributed by atoms with Crippen molar-refractivity contribution < 1.29 is 0 Å². The van der Waals surface area contributed by atoms with Crippen LogP contribution in [0.3, 0.4) is 0 Å². The number of rotatable bonds is 1. The lowest BCUT2D eigenvalue weighted by Crippen LogP contribution is -2.47. The molecule has 0 aromatic rings. The van der Waals surface area contributed by atoms with Crippen LogP contribution < -0.4 is 0 Å². The molecule has 0 aliphatic heterocycles. The highest BCUT2D eigenvalue weighted by atomic mass is 14.6. The van der Waals surface area contributed by atoms with Crippen molar-refractivity contribution in [2.24, 2.45) is 40.9 Å². The van der Waals surface area contributed by atoms with E-state index in [9.17, 15) is 0 Å². The van der Waals surface area contributed by atoms with Crippen LogP contribution >= 0.6 is 0 Å². The molecule has 3 fully saturated rings. The summed E-state index contributed by atoms with van der Waals surface area (Å²) < 4.78 is 0. The van der Waals surface area contributed by atoms with Crippen molar-refractivity contribution in [1.29, 1.82) is 0 Å². The second-order valence-electron chi connectivity index (χ2n) is 8.89. The van der Waals surface area contributed by atoms with E-state index >= 15 is 0 Å². The summed E-state index contributed by atoms with van der Waals surface area (Å²) in [7, 11) is 0. The van der Waals surface area contributed by atoms with E-state index in [0.717, 1.165) is 35.5 Å². The molecule has 0 saturated heterocycles. The lowest BCUT2D eigenvalue weighted by atomic mass is 9.50. The lowest BCUT2D eigenvalue weighted by molar-refractivity contribution is -0.0469. The van der Waals surface area contributed by atoms with E-state index in [1.54, 1.807) is 5.57 Å². The minimum absolute atomic E-state index is 0.593. The minimum Gasteiger partial charge on any atom is -0.103 e. The molecule has 7 atom stereocenters. The van der Waals surface area contributed by atoms with Crippen LogP contribution in [0.5, 0.6) is 0 Å². The second-order valence-corrected chi connectivity index (χ2v) is 8.89. The van der Waals surface area contributed by atoms with Crippen LogP contribution in [0.15, 0.2) is 24.3 Å². The van der Waals surface area contributed by atoms with Crippen LogP contribution in [-0.2, 0) is 0 Å². The summed E-state index contributed by atoms with van der Waals surface area (Å²) in [6, 6.07) is 0. The van der Waals surface area contributed by atoms with E-state index in [0.29, 0.717) is 5.41 Å². The van der Waals surface area contributed by atoms with Crippen molar-refractivity contribution in [1.82, 2.24) is 0 Å². The number of fused-ring (bicyclic) bond motifs is 5. The lowest BCUT2D eigenvalue weighted by Gasteiger charge is -2.55. The van der Waals surface area contributed by atoms with Crippen LogP contribution in [0, 0.1) is 40.9 Å². The highest BCUT2D eigenvalue weighted by Gasteiger charge is 2.55. The third kappa shape index (κ3) is 3.65. The molecule has 4 rings (SSSR count). The molecule has 0 heterocycles. The topological polar surface area (TPSA) is 0 Å². The Kier molecular flexibility index (Phi) is 7.41. The first-order valence-electron chi connectivity index (χ1n) is 11.4. The molecule has 0 nitrogen and oxygen atoms in total. The maximum atomic E-state index is 4.15. The molecule has 0 aromatic heterocycles. The predicted octanol–water partition coefficient (Wildman–Crippen LogP) is 8.05. The van der Waals surface area contributed by atoms with Gasteiger partial charge in [0.2, 0.25) is 0 Å². The summed E-state index contributed by atoms with van der Waals surface area (Å²) in [5.41, 5.74) is 2.26. The quantitative estimate of drug-likeness (QED) is 0.422. The third-order valence-electron chi connectivity index (χ3n) is 8.20. The molecule has 144 valence electrons. The number of allylic oxidation sites excluding steroid dienone is 3. The Labute approximate surface area is 158 Å². The fraction of sp³-hybridized carbons (Fsp3) is 0.840. The highest BCUT2D eigenvalue weighted by molar-refractivity contribution is 5.13. The van der Waals surface area contributed by atoms with E-state index < -0.39 is 0 Å². The Morgan fingerprint density at radius 1 is 0.960 bits per heavy atom. The van der Waals surface area contributed by atoms with Crippen LogP contribution in [-0.4, -0.2) is 0 Å². The molecule has 0 spiro atoms. The minimum atomic E-state index is 0.593. The van der Waals surface area contributed by atoms with E-state index in [1.165, 1.54) is 51.4 Å². The first-order chi connectivity index (χ1) is 12.1. The Bertz CT molecular complexity index is 459. The van der Waals surface area contributed by atoms with Crippen LogP contribution in [0.4, 0.5) is 0 Å². The van der Waals surface area contributed by atoms with Gasteiger partial charge in [0.15, 0.2) is 0 Å². The Morgan fingerprint density at radius 2 is 1.68 bits per heavy atom. The first-order valence-corrected chi connectivity index (χ1v) is 11.4. The van der Waals surface area contributed by atoms with Gasteiger partial charge in [-0.1, -0.05) is 52.3 Å². The van der Waals surface area contributed by atoms with Crippen LogP contribution in [0.2, 0.25) is 0 Å². The van der Waals surface area contributed by atoms with Crippen molar-refractivity contribution in [2.75, 3.05) is 0 Å². The molecule has 3 saturated carbocycles. The fourth-order valence-electron chi connectivity index (χ4n) is 7.12. The molecule has 0 N–H and O–H groups in total. The standard InChI is InChI=1S/C21H32.2C2H6/c1-4-16-7-10-20-19-9-6-15-13-14(2)5-8-17(15)18(19)11-12-21(16,20)3;2*1-2/h4-5,15-20H,1,6-13H2,2-3H3;2*1-2H3/t15?,16-,17+,18?,19?,20?,21+;;/m0../s1. The summed E-state index contributed by atoms with van der Waals surface area (Å²) in [5, 5.41) is 0. The normalized spacial score (nSPS) is 44.5. The van der Waals surface area contributed by atoms with Gasteiger partial charge in [-0.05, 0) is 99.2 Å². The number of hydrogen-bond donors (Lipinski definition) is 0. The van der Waals surface area contributed by atoms with Crippen molar-refractivity contribution in [3.63, 3.8) is 0 Å². The molecular weight excluding hydrogens is 300 g/mol. The highest BCUT2D eigenvalue weighted by Crippen LogP contribution is 2.64. The second kappa shape index (κ2) is 8.92. The van der Waals surface area contributed by atoms with Gasteiger partial charge < -0.3 is 0 Å².